The molecular formula is C24H28N4O3S. The van der Waals surface area contributed by atoms with E-state index < -0.39 is 0 Å². The molecule has 1 atom stereocenters. The number of carbonyl (C=O) groups is 1. The Bertz CT molecular complexity index is 1120. The number of rotatable bonds is 8. The predicted octanol–water partition coefficient (Wildman–Crippen LogP) is 4.13. The van der Waals surface area contributed by atoms with Gasteiger partial charge < -0.3 is 14.4 Å². The Kier molecular flexibility index (Phi) is 7.02. The third-order valence-corrected chi connectivity index (χ3v) is 5.98. The van der Waals surface area contributed by atoms with Crippen LogP contribution in [0.15, 0.2) is 48.5 Å². The average Bonchev–Trinajstić information content (AvgIpc) is 3.44. The first-order chi connectivity index (χ1) is 15.5. The van der Waals surface area contributed by atoms with Crippen molar-refractivity contribution in [2.24, 2.45) is 0 Å². The van der Waals surface area contributed by atoms with Crippen LogP contribution in [0.25, 0.3) is 11.4 Å². The van der Waals surface area contributed by atoms with Gasteiger partial charge >= 0.3 is 0 Å². The SMILES string of the molecule is COc1cccc(CN(CC2CCCO2)C(=O)Cn2c(-c3ccc(C)cc3)n[nH]c2=S)c1. The Balaban J connectivity index is 1.57. The molecule has 32 heavy (non-hydrogen) atoms. The van der Waals surface area contributed by atoms with Crippen LogP contribution in [-0.2, 0) is 22.6 Å². The summed E-state index contributed by atoms with van der Waals surface area (Å²) in [6, 6.07) is 15.8. The normalized spacial score (nSPS) is 15.6. The van der Waals surface area contributed by atoms with Crippen LogP contribution in [0.3, 0.4) is 0 Å². The molecule has 3 aromatic rings. The van der Waals surface area contributed by atoms with Crippen LogP contribution in [0, 0.1) is 11.7 Å². The van der Waals surface area contributed by atoms with Crippen LogP contribution in [0.5, 0.6) is 5.75 Å². The Labute approximate surface area is 193 Å². The molecule has 0 saturated carbocycles. The maximum absolute atomic E-state index is 13.5. The van der Waals surface area contributed by atoms with Crippen LogP contribution < -0.4 is 4.74 Å². The number of aromatic amines is 1. The molecule has 1 aromatic heterocycles. The number of nitrogens with zero attached hydrogens (tertiary/aromatic N) is 3. The van der Waals surface area contributed by atoms with Crippen LogP contribution in [0.4, 0.5) is 0 Å². The smallest absolute Gasteiger partial charge is 0.243 e. The highest BCUT2D eigenvalue weighted by atomic mass is 32.1. The molecule has 2 aromatic carbocycles. The Morgan fingerprint density at radius 2 is 2.12 bits per heavy atom. The van der Waals surface area contributed by atoms with Crippen molar-refractivity contribution >= 4 is 18.1 Å². The van der Waals surface area contributed by atoms with Gasteiger partial charge in [0, 0.05) is 25.3 Å². The van der Waals surface area contributed by atoms with E-state index in [-0.39, 0.29) is 18.6 Å². The summed E-state index contributed by atoms with van der Waals surface area (Å²) < 4.78 is 13.3. The molecule has 1 aliphatic heterocycles. The lowest BCUT2D eigenvalue weighted by Gasteiger charge is -2.26. The first-order valence-corrected chi connectivity index (χ1v) is 11.2. The third-order valence-electron chi connectivity index (χ3n) is 5.67. The third kappa shape index (κ3) is 5.26. The number of aromatic nitrogens is 3. The van der Waals surface area contributed by atoms with E-state index in [0.717, 1.165) is 41.9 Å². The Morgan fingerprint density at radius 1 is 1.31 bits per heavy atom. The highest BCUT2D eigenvalue weighted by Crippen LogP contribution is 2.21. The molecule has 1 aliphatic rings. The van der Waals surface area contributed by atoms with Crippen LogP contribution >= 0.6 is 12.2 Å². The van der Waals surface area contributed by atoms with E-state index in [1.54, 1.807) is 11.7 Å². The zero-order valence-corrected chi connectivity index (χ0v) is 19.2. The molecule has 0 spiro atoms. The lowest BCUT2D eigenvalue weighted by Crippen LogP contribution is -2.39. The lowest BCUT2D eigenvalue weighted by molar-refractivity contribution is -0.134. The second-order valence-corrected chi connectivity index (χ2v) is 8.45. The molecule has 1 N–H and O–H groups in total. The van der Waals surface area contributed by atoms with Crippen molar-refractivity contribution in [1.82, 2.24) is 19.7 Å². The van der Waals surface area contributed by atoms with Gasteiger partial charge in [-0.3, -0.25) is 14.5 Å². The summed E-state index contributed by atoms with van der Waals surface area (Å²) in [4.78, 5) is 15.3. The fourth-order valence-corrected chi connectivity index (χ4v) is 4.10. The summed E-state index contributed by atoms with van der Waals surface area (Å²) in [7, 11) is 1.64. The molecule has 1 amide bonds. The number of ether oxygens (including phenoxy) is 2. The molecule has 7 nitrogen and oxygen atoms in total. The van der Waals surface area contributed by atoms with E-state index >= 15 is 0 Å². The minimum absolute atomic E-state index is 0.0332. The van der Waals surface area contributed by atoms with E-state index in [4.69, 9.17) is 21.7 Å². The van der Waals surface area contributed by atoms with Crippen molar-refractivity contribution < 1.29 is 14.3 Å². The number of carbonyl (C=O) groups excluding carboxylic acids is 1. The molecule has 0 radical (unpaired) electrons. The van der Waals surface area contributed by atoms with Gasteiger partial charge in [0.2, 0.25) is 5.91 Å². The molecule has 0 bridgehead atoms. The van der Waals surface area contributed by atoms with Gasteiger partial charge in [0.1, 0.15) is 12.3 Å². The fraction of sp³-hybridized carbons (Fsp3) is 0.375. The monoisotopic (exact) mass is 452 g/mol. The van der Waals surface area contributed by atoms with Gasteiger partial charge in [-0.25, -0.2) is 0 Å². The van der Waals surface area contributed by atoms with Crippen molar-refractivity contribution in [3.63, 3.8) is 0 Å². The Morgan fingerprint density at radius 3 is 2.84 bits per heavy atom. The van der Waals surface area contributed by atoms with Gasteiger partial charge in [0.25, 0.3) is 0 Å². The summed E-state index contributed by atoms with van der Waals surface area (Å²) in [5, 5.41) is 7.21. The number of nitrogens with one attached hydrogen (secondary N) is 1. The number of aryl methyl sites for hydroxylation is 1. The van der Waals surface area contributed by atoms with Gasteiger partial charge in [-0.1, -0.05) is 42.0 Å². The topological polar surface area (TPSA) is 72.4 Å². The summed E-state index contributed by atoms with van der Waals surface area (Å²) >= 11 is 5.44. The van der Waals surface area contributed by atoms with Crippen LogP contribution in [0.1, 0.15) is 24.0 Å². The number of hydrogen-bond acceptors (Lipinski definition) is 5. The first kappa shape index (κ1) is 22.2. The zero-order valence-electron chi connectivity index (χ0n) is 18.4. The minimum atomic E-state index is -0.0332. The number of hydrogen-bond donors (Lipinski definition) is 1. The average molecular weight is 453 g/mol. The molecular weight excluding hydrogens is 424 g/mol. The summed E-state index contributed by atoms with van der Waals surface area (Å²) in [5.41, 5.74) is 3.08. The summed E-state index contributed by atoms with van der Waals surface area (Å²) in [5.74, 6) is 1.39. The second kappa shape index (κ2) is 10.1. The van der Waals surface area contributed by atoms with Crippen molar-refractivity contribution in [3.8, 4) is 17.1 Å². The Hall–Kier alpha value is -2.97. The van der Waals surface area contributed by atoms with Gasteiger partial charge in [0.05, 0.1) is 13.2 Å². The lowest BCUT2D eigenvalue weighted by atomic mass is 10.1. The van der Waals surface area contributed by atoms with E-state index in [0.29, 0.717) is 23.7 Å². The largest absolute Gasteiger partial charge is 0.497 e. The quantitative estimate of drug-likeness (QED) is 0.520. The molecule has 4 rings (SSSR count). The van der Waals surface area contributed by atoms with Crippen molar-refractivity contribution in [2.75, 3.05) is 20.3 Å². The van der Waals surface area contributed by atoms with Crippen LogP contribution in [0.2, 0.25) is 0 Å². The standard InChI is InChI=1S/C24H28N4O3S/c1-17-8-10-19(11-9-17)23-25-26-24(32)28(23)16-22(29)27(15-21-7-4-12-31-21)14-18-5-3-6-20(13-18)30-2/h3,5-6,8-11,13,21H,4,7,12,14-16H2,1-2H3,(H,26,32). The second-order valence-electron chi connectivity index (χ2n) is 8.07. The van der Waals surface area contributed by atoms with Gasteiger partial charge in [-0.15, -0.1) is 0 Å². The highest BCUT2D eigenvalue weighted by Gasteiger charge is 2.24. The number of amides is 1. The molecule has 0 aliphatic carbocycles. The van der Waals surface area contributed by atoms with Crippen molar-refractivity contribution in [2.45, 2.75) is 39.0 Å². The van der Waals surface area contributed by atoms with E-state index in [1.807, 2.05) is 60.4 Å². The van der Waals surface area contributed by atoms with Crippen molar-refractivity contribution in [3.05, 3.63) is 64.4 Å². The molecule has 8 heteroatoms. The van der Waals surface area contributed by atoms with E-state index in [9.17, 15) is 4.79 Å². The molecule has 2 heterocycles. The van der Waals surface area contributed by atoms with Gasteiger partial charge in [0.15, 0.2) is 10.6 Å². The fourth-order valence-electron chi connectivity index (χ4n) is 3.90. The van der Waals surface area contributed by atoms with Gasteiger partial charge in [-0.2, -0.15) is 5.10 Å². The maximum atomic E-state index is 13.5. The van der Waals surface area contributed by atoms with E-state index in [1.165, 1.54) is 0 Å². The first-order valence-electron chi connectivity index (χ1n) is 10.8. The molecule has 1 fully saturated rings. The van der Waals surface area contributed by atoms with Gasteiger partial charge in [-0.05, 0) is 49.7 Å². The molecule has 168 valence electrons. The predicted molar refractivity (Wildman–Crippen MR) is 125 cm³/mol. The number of benzene rings is 2. The minimum Gasteiger partial charge on any atom is -0.497 e. The highest BCUT2D eigenvalue weighted by molar-refractivity contribution is 7.71. The summed E-state index contributed by atoms with van der Waals surface area (Å²) in [6.45, 7) is 3.90. The maximum Gasteiger partial charge on any atom is 0.243 e. The molecule has 1 unspecified atom stereocenters. The van der Waals surface area contributed by atoms with E-state index in [2.05, 4.69) is 10.2 Å². The zero-order chi connectivity index (χ0) is 22.5. The number of methoxy groups -OCH3 is 1. The summed E-state index contributed by atoms with van der Waals surface area (Å²) in [6.07, 6.45) is 2.04. The molecule has 1 saturated heterocycles. The van der Waals surface area contributed by atoms with Crippen LogP contribution in [-0.4, -0.2) is 51.9 Å². The number of H-pyrrole nitrogens is 1. The van der Waals surface area contributed by atoms with Crippen molar-refractivity contribution in [1.29, 1.82) is 0 Å².